The number of hydrogen-bond acceptors (Lipinski definition) is 0. The quantitative estimate of drug-likeness (QED) is 0.696. The summed E-state index contributed by atoms with van der Waals surface area (Å²) in [5.74, 6) is -2.93. The van der Waals surface area contributed by atoms with Crippen molar-refractivity contribution in [3.05, 3.63) is 34.9 Å². The van der Waals surface area contributed by atoms with Crippen molar-refractivity contribution in [2.45, 2.75) is 38.5 Å². The molecule has 1 aromatic rings. The largest absolute Gasteiger partial charge is 0.270 e. The van der Waals surface area contributed by atoms with Crippen molar-refractivity contribution >= 4 is 9.24 Å². The van der Waals surface area contributed by atoms with E-state index in [1.165, 1.54) is 19.1 Å². The molecule has 0 heterocycles. The Morgan fingerprint density at radius 2 is 1.75 bits per heavy atom. The number of rotatable bonds is 3. The van der Waals surface area contributed by atoms with Crippen LogP contribution in [-0.2, 0) is 17.8 Å². The third-order valence-corrected chi connectivity index (χ3v) is 2.84. The van der Waals surface area contributed by atoms with E-state index in [9.17, 15) is 13.2 Å². The van der Waals surface area contributed by atoms with E-state index in [4.69, 9.17) is 0 Å². The molecule has 0 saturated heterocycles. The number of aryl methyl sites for hydroxylation is 1. The molecule has 16 heavy (non-hydrogen) atoms. The van der Waals surface area contributed by atoms with E-state index in [1.54, 1.807) is 6.07 Å². The monoisotopic (exact) mass is 248 g/mol. The van der Waals surface area contributed by atoms with Crippen molar-refractivity contribution in [3.8, 4) is 0 Å². The van der Waals surface area contributed by atoms with Crippen LogP contribution in [0, 0.1) is 0 Å². The van der Waals surface area contributed by atoms with Crippen LogP contribution in [0.2, 0.25) is 0 Å². The first-order valence-corrected chi connectivity index (χ1v) is 5.73. The molecule has 0 radical (unpaired) electrons. The predicted molar refractivity (Wildman–Crippen MR) is 63.6 cm³/mol. The zero-order chi connectivity index (χ0) is 12.6. The average Bonchev–Trinajstić information content (AvgIpc) is 2.14. The van der Waals surface area contributed by atoms with Crippen LogP contribution >= 0.6 is 9.24 Å². The van der Waals surface area contributed by atoms with Gasteiger partial charge < -0.3 is 0 Å². The van der Waals surface area contributed by atoms with Crippen LogP contribution in [0.15, 0.2) is 18.2 Å². The van der Waals surface area contributed by atoms with Gasteiger partial charge in [0.1, 0.15) is 5.41 Å². The van der Waals surface area contributed by atoms with Crippen molar-refractivity contribution < 1.29 is 13.2 Å². The Morgan fingerprint density at radius 1 is 1.19 bits per heavy atom. The molecule has 90 valence electrons. The van der Waals surface area contributed by atoms with Crippen molar-refractivity contribution in [1.82, 2.24) is 0 Å². The molecular formula is C12H16F3P. The van der Waals surface area contributed by atoms with Crippen LogP contribution in [0.25, 0.3) is 0 Å². The first-order valence-electron chi connectivity index (χ1n) is 5.15. The van der Waals surface area contributed by atoms with Gasteiger partial charge in [-0.05, 0) is 30.5 Å². The van der Waals surface area contributed by atoms with Crippen molar-refractivity contribution in [1.29, 1.82) is 0 Å². The Balaban J connectivity index is 3.34. The summed E-state index contributed by atoms with van der Waals surface area (Å²) in [5.41, 5.74) is 0.929. The lowest BCUT2D eigenvalue weighted by atomic mass is 9.96. The highest BCUT2D eigenvalue weighted by atomic mass is 31.0. The molecule has 0 aromatic heterocycles. The van der Waals surface area contributed by atoms with E-state index in [-0.39, 0.29) is 5.56 Å². The maximum Gasteiger partial charge on any atom is 0.270 e. The molecule has 1 aromatic carbocycles. The third kappa shape index (κ3) is 2.98. The molecule has 0 amide bonds. The summed E-state index contributed by atoms with van der Waals surface area (Å²) in [5, 5.41) is -1.67. The number of benzene rings is 1. The average molecular weight is 248 g/mol. The first kappa shape index (κ1) is 13.5. The standard InChI is InChI=1S/C12H16F3P/c1-4-8-5-6-9(11(2,13)14)7-10(8)12(3,15)16/h5-7H,4,16H2,1-3H3. The van der Waals surface area contributed by atoms with Crippen molar-refractivity contribution in [3.63, 3.8) is 0 Å². The molecule has 4 heteroatoms. The van der Waals surface area contributed by atoms with Gasteiger partial charge in [-0.1, -0.05) is 28.3 Å². The fourth-order valence-electron chi connectivity index (χ4n) is 1.61. The van der Waals surface area contributed by atoms with Gasteiger partial charge in [-0.2, -0.15) is 0 Å². The van der Waals surface area contributed by atoms with Crippen LogP contribution in [0.5, 0.6) is 0 Å². The smallest absolute Gasteiger partial charge is 0.235 e. The highest BCUT2D eigenvalue weighted by Crippen LogP contribution is 2.38. The summed E-state index contributed by atoms with van der Waals surface area (Å²) in [6.07, 6.45) is 0.624. The summed E-state index contributed by atoms with van der Waals surface area (Å²) in [7, 11) is 2.05. The molecule has 0 saturated carbocycles. The molecule has 0 N–H and O–H groups in total. The normalized spacial score (nSPS) is 15.9. The SMILES string of the molecule is CCc1ccc(C(C)(F)F)cc1C(C)(F)P. The number of hydrogen-bond donors (Lipinski definition) is 0. The summed E-state index contributed by atoms with van der Waals surface area (Å²) < 4.78 is 40.1. The number of halogens is 3. The zero-order valence-corrected chi connectivity index (χ0v) is 10.8. The molecule has 0 fully saturated rings. The Hall–Kier alpha value is -0.560. The minimum atomic E-state index is -2.93. The fraction of sp³-hybridized carbons (Fsp3) is 0.500. The second kappa shape index (κ2) is 4.37. The molecule has 0 aliphatic rings. The van der Waals surface area contributed by atoms with E-state index in [0.29, 0.717) is 12.0 Å². The van der Waals surface area contributed by atoms with Crippen LogP contribution in [0.1, 0.15) is 37.5 Å². The van der Waals surface area contributed by atoms with Crippen LogP contribution < -0.4 is 0 Å². The lowest BCUT2D eigenvalue weighted by Gasteiger charge is -2.21. The zero-order valence-electron chi connectivity index (χ0n) is 9.65. The minimum Gasteiger partial charge on any atom is -0.235 e. The van der Waals surface area contributed by atoms with Gasteiger partial charge in [0.15, 0.2) is 0 Å². The lowest BCUT2D eigenvalue weighted by Crippen LogP contribution is -2.13. The van der Waals surface area contributed by atoms with E-state index < -0.39 is 11.3 Å². The summed E-state index contributed by atoms with van der Waals surface area (Å²) >= 11 is 0. The van der Waals surface area contributed by atoms with E-state index in [2.05, 4.69) is 0 Å². The second-order valence-electron chi connectivity index (χ2n) is 4.19. The Labute approximate surface area is 96.4 Å². The topological polar surface area (TPSA) is 0 Å². The van der Waals surface area contributed by atoms with E-state index in [1.807, 2.05) is 16.2 Å². The minimum absolute atomic E-state index is 0.147. The number of alkyl halides is 3. The van der Waals surface area contributed by atoms with Gasteiger partial charge in [0.05, 0.1) is 0 Å². The molecule has 0 nitrogen and oxygen atoms in total. The summed E-state index contributed by atoms with van der Waals surface area (Å²) in [6.45, 7) is 4.04. The molecular weight excluding hydrogens is 232 g/mol. The first-order chi connectivity index (χ1) is 7.16. The fourth-order valence-corrected chi connectivity index (χ4v) is 1.88. The van der Waals surface area contributed by atoms with Crippen molar-refractivity contribution in [2.24, 2.45) is 0 Å². The van der Waals surface area contributed by atoms with Gasteiger partial charge in [0.25, 0.3) is 5.92 Å². The Bertz CT molecular complexity index is 375. The molecule has 0 aliphatic carbocycles. The van der Waals surface area contributed by atoms with Gasteiger partial charge >= 0.3 is 0 Å². The van der Waals surface area contributed by atoms with E-state index in [0.717, 1.165) is 12.5 Å². The van der Waals surface area contributed by atoms with Crippen LogP contribution in [0.4, 0.5) is 13.2 Å². The van der Waals surface area contributed by atoms with Gasteiger partial charge in [0, 0.05) is 12.5 Å². The molecule has 0 aliphatic heterocycles. The molecule has 2 atom stereocenters. The Kier molecular flexibility index (Phi) is 3.69. The van der Waals surface area contributed by atoms with Gasteiger partial charge in [-0.15, -0.1) is 0 Å². The lowest BCUT2D eigenvalue weighted by molar-refractivity contribution is 0.0173. The van der Waals surface area contributed by atoms with E-state index >= 15 is 0 Å². The predicted octanol–water partition coefficient (Wildman–Crippen LogP) is 4.38. The van der Waals surface area contributed by atoms with Gasteiger partial charge in [0.2, 0.25) is 0 Å². The maximum atomic E-state index is 13.9. The van der Waals surface area contributed by atoms with Crippen LogP contribution in [-0.4, -0.2) is 0 Å². The van der Waals surface area contributed by atoms with Gasteiger partial charge in [-0.25, -0.2) is 13.2 Å². The molecule has 2 unspecified atom stereocenters. The maximum absolute atomic E-state index is 13.9. The van der Waals surface area contributed by atoms with Crippen LogP contribution in [0.3, 0.4) is 0 Å². The second-order valence-corrected chi connectivity index (χ2v) is 5.27. The molecule has 1 rings (SSSR count). The van der Waals surface area contributed by atoms with Crippen molar-refractivity contribution in [2.75, 3.05) is 0 Å². The molecule has 0 bridgehead atoms. The summed E-state index contributed by atoms with van der Waals surface area (Å²) in [6, 6.07) is 4.19. The highest BCUT2D eigenvalue weighted by Gasteiger charge is 2.29. The van der Waals surface area contributed by atoms with Gasteiger partial charge in [-0.3, -0.25) is 0 Å². The highest BCUT2D eigenvalue weighted by molar-refractivity contribution is 7.18. The Morgan fingerprint density at radius 3 is 2.12 bits per heavy atom. The third-order valence-electron chi connectivity index (χ3n) is 2.52. The molecule has 0 spiro atoms. The summed E-state index contributed by atoms with van der Waals surface area (Å²) in [4.78, 5) is 0.